The van der Waals surface area contributed by atoms with Gasteiger partial charge in [0.1, 0.15) is 11.6 Å². The van der Waals surface area contributed by atoms with Crippen LogP contribution in [-0.2, 0) is 9.59 Å². The molecule has 0 heterocycles. The van der Waals surface area contributed by atoms with Crippen molar-refractivity contribution in [2.45, 2.75) is 25.2 Å². The first-order valence-corrected chi connectivity index (χ1v) is 6.82. The second-order valence-corrected chi connectivity index (χ2v) is 5.37. The Bertz CT molecular complexity index is 562. The van der Waals surface area contributed by atoms with Crippen LogP contribution in [0.15, 0.2) is 18.2 Å². The number of halogens is 2. The normalized spacial score (nSPS) is 20.1. The number of carbonyl (C=O) groups excluding carboxylic acids is 1. The fourth-order valence-corrected chi connectivity index (χ4v) is 2.47. The monoisotopic (exact) mass is 297 g/mol. The molecule has 2 atom stereocenters. The number of carbonyl (C=O) groups is 2. The van der Waals surface area contributed by atoms with Crippen LogP contribution in [0.25, 0.3) is 0 Å². The van der Waals surface area contributed by atoms with Gasteiger partial charge in [-0.15, -0.1) is 0 Å². The molecule has 0 unspecified atom stereocenters. The average Bonchev–Trinajstić information content (AvgIpc) is 3.17. The summed E-state index contributed by atoms with van der Waals surface area (Å²) in [7, 11) is 1.61. The van der Waals surface area contributed by atoms with E-state index in [0.29, 0.717) is 24.9 Å². The molecule has 4 nitrogen and oxygen atoms in total. The SMILES string of the molecule is CN(CCCC(=O)O)C(=O)[C@H]1C[C@@H]1c1ccc(F)cc1F. The highest BCUT2D eigenvalue weighted by Crippen LogP contribution is 2.49. The Hall–Kier alpha value is -1.98. The van der Waals surface area contributed by atoms with Gasteiger partial charge >= 0.3 is 5.97 Å². The van der Waals surface area contributed by atoms with Crippen LogP contribution in [0.5, 0.6) is 0 Å². The minimum absolute atomic E-state index is 0.0122. The summed E-state index contributed by atoms with van der Waals surface area (Å²) in [6.07, 6.45) is 0.947. The van der Waals surface area contributed by atoms with Crippen molar-refractivity contribution in [3.63, 3.8) is 0 Å². The summed E-state index contributed by atoms with van der Waals surface area (Å²) in [4.78, 5) is 24.0. The third-order valence-electron chi connectivity index (χ3n) is 3.73. The molecule has 0 radical (unpaired) electrons. The number of rotatable bonds is 6. The molecule has 0 bridgehead atoms. The fraction of sp³-hybridized carbons (Fsp3) is 0.467. The molecule has 0 aromatic heterocycles. The lowest BCUT2D eigenvalue weighted by molar-refractivity contribution is -0.138. The molecule has 0 aliphatic heterocycles. The van der Waals surface area contributed by atoms with Crippen LogP contribution >= 0.6 is 0 Å². The molecule has 114 valence electrons. The number of aliphatic carboxylic acids is 1. The molecular formula is C15H17F2NO3. The van der Waals surface area contributed by atoms with Crippen LogP contribution in [0.1, 0.15) is 30.7 Å². The van der Waals surface area contributed by atoms with E-state index >= 15 is 0 Å². The van der Waals surface area contributed by atoms with Crippen LogP contribution in [0.3, 0.4) is 0 Å². The van der Waals surface area contributed by atoms with Crippen LogP contribution in [0, 0.1) is 17.6 Å². The molecule has 21 heavy (non-hydrogen) atoms. The number of carboxylic acids is 1. The summed E-state index contributed by atoms with van der Waals surface area (Å²) >= 11 is 0. The lowest BCUT2D eigenvalue weighted by Gasteiger charge is -2.16. The summed E-state index contributed by atoms with van der Waals surface area (Å²) in [5.41, 5.74) is 0.369. The van der Waals surface area contributed by atoms with Crippen molar-refractivity contribution in [2.24, 2.45) is 5.92 Å². The van der Waals surface area contributed by atoms with E-state index in [0.717, 1.165) is 6.07 Å². The maximum absolute atomic E-state index is 13.6. The molecule has 1 aromatic carbocycles. The molecule has 1 aromatic rings. The van der Waals surface area contributed by atoms with Crippen LogP contribution in [-0.4, -0.2) is 35.5 Å². The van der Waals surface area contributed by atoms with E-state index in [4.69, 9.17) is 5.11 Å². The highest BCUT2D eigenvalue weighted by Gasteiger charge is 2.46. The minimum Gasteiger partial charge on any atom is -0.481 e. The summed E-state index contributed by atoms with van der Waals surface area (Å²) in [5.74, 6) is -2.77. The number of carboxylic acid groups (broad SMARTS) is 1. The van der Waals surface area contributed by atoms with Crippen LogP contribution < -0.4 is 0 Å². The van der Waals surface area contributed by atoms with Gasteiger partial charge in [0.25, 0.3) is 0 Å². The molecule has 6 heteroatoms. The first kappa shape index (κ1) is 15.4. The van der Waals surface area contributed by atoms with Gasteiger partial charge in [-0.3, -0.25) is 9.59 Å². The second-order valence-electron chi connectivity index (χ2n) is 5.37. The van der Waals surface area contributed by atoms with Crippen molar-refractivity contribution >= 4 is 11.9 Å². The maximum atomic E-state index is 13.6. The molecule has 1 saturated carbocycles. The lowest BCUT2D eigenvalue weighted by Crippen LogP contribution is -2.29. The molecule has 1 amide bonds. The zero-order valence-electron chi connectivity index (χ0n) is 11.7. The summed E-state index contributed by atoms with van der Waals surface area (Å²) in [6, 6.07) is 3.40. The Kier molecular flexibility index (Phi) is 4.55. The molecule has 1 fully saturated rings. The number of benzene rings is 1. The largest absolute Gasteiger partial charge is 0.481 e. The van der Waals surface area contributed by atoms with Gasteiger partial charge in [0, 0.05) is 32.0 Å². The van der Waals surface area contributed by atoms with Crippen LogP contribution in [0.4, 0.5) is 8.78 Å². The van der Waals surface area contributed by atoms with Crippen molar-refractivity contribution in [2.75, 3.05) is 13.6 Å². The summed E-state index contributed by atoms with van der Waals surface area (Å²) in [5, 5.41) is 8.55. The smallest absolute Gasteiger partial charge is 0.303 e. The number of hydrogen-bond donors (Lipinski definition) is 1. The average molecular weight is 297 g/mol. The van der Waals surface area contributed by atoms with Gasteiger partial charge in [-0.2, -0.15) is 0 Å². The Labute approximate surface area is 121 Å². The van der Waals surface area contributed by atoms with Crippen molar-refractivity contribution in [1.29, 1.82) is 0 Å². The van der Waals surface area contributed by atoms with Gasteiger partial charge in [0.05, 0.1) is 0 Å². The van der Waals surface area contributed by atoms with E-state index in [1.165, 1.54) is 17.0 Å². The minimum atomic E-state index is -0.895. The molecule has 0 saturated heterocycles. The Morgan fingerprint density at radius 1 is 1.38 bits per heavy atom. The van der Waals surface area contributed by atoms with Gasteiger partial charge in [-0.25, -0.2) is 8.78 Å². The first-order chi connectivity index (χ1) is 9.90. The number of amides is 1. The van der Waals surface area contributed by atoms with Crippen molar-refractivity contribution in [3.05, 3.63) is 35.4 Å². The van der Waals surface area contributed by atoms with Gasteiger partial charge in [-0.1, -0.05) is 6.07 Å². The molecular weight excluding hydrogens is 280 g/mol. The zero-order chi connectivity index (χ0) is 15.6. The molecule has 1 aliphatic carbocycles. The molecule has 2 rings (SSSR count). The van der Waals surface area contributed by atoms with E-state index in [-0.39, 0.29) is 24.2 Å². The van der Waals surface area contributed by atoms with E-state index < -0.39 is 17.6 Å². The van der Waals surface area contributed by atoms with Gasteiger partial charge in [0.15, 0.2) is 0 Å². The Morgan fingerprint density at radius 3 is 2.71 bits per heavy atom. The second kappa shape index (κ2) is 6.20. The van der Waals surface area contributed by atoms with Crippen molar-refractivity contribution in [1.82, 2.24) is 4.90 Å². The topological polar surface area (TPSA) is 57.6 Å². The van der Waals surface area contributed by atoms with E-state index in [2.05, 4.69) is 0 Å². The van der Waals surface area contributed by atoms with E-state index in [9.17, 15) is 18.4 Å². The van der Waals surface area contributed by atoms with E-state index in [1.807, 2.05) is 0 Å². The fourth-order valence-electron chi connectivity index (χ4n) is 2.47. The maximum Gasteiger partial charge on any atom is 0.303 e. The summed E-state index contributed by atoms with van der Waals surface area (Å²) in [6.45, 7) is 0.361. The third kappa shape index (κ3) is 3.77. The first-order valence-electron chi connectivity index (χ1n) is 6.82. The molecule has 1 aliphatic rings. The summed E-state index contributed by atoms with van der Waals surface area (Å²) < 4.78 is 26.5. The standard InChI is InChI=1S/C15H17F2NO3/c1-18(6-2-3-14(19)20)15(21)12-8-11(12)10-5-4-9(16)7-13(10)17/h4-5,7,11-12H,2-3,6,8H2,1H3,(H,19,20)/t11-,12+/m1/s1. The zero-order valence-corrected chi connectivity index (χ0v) is 11.7. The van der Waals surface area contributed by atoms with Gasteiger partial charge < -0.3 is 10.0 Å². The Balaban J connectivity index is 1.90. The Morgan fingerprint density at radius 2 is 2.10 bits per heavy atom. The highest BCUT2D eigenvalue weighted by molar-refractivity contribution is 5.82. The predicted octanol–water partition coefficient (Wildman–Crippen LogP) is 2.39. The van der Waals surface area contributed by atoms with Crippen molar-refractivity contribution in [3.8, 4) is 0 Å². The predicted molar refractivity (Wildman–Crippen MR) is 71.7 cm³/mol. The van der Waals surface area contributed by atoms with Crippen molar-refractivity contribution < 1.29 is 23.5 Å². The van der Waals surface area contributed by atoms with Gasteiger partial charge in [-0.05, 0) is 30.4 Å². The molecule has 0 spiro atoms. The van der Waals surface area contributed by atoms with Crippen LogP contribution in [0.2, 0.25) is 0 Å². The number of nitrogens with zero attached hydrogens (tertiary/aromatic N) is 1. The quantitative estimate of drug-likeness (QED) is 0.877. The molecule has 1 N–H and O–H groups in total. The van der Waals surface area contributed by atoms with E-state index in [1.54, 1.807) is 7.05 Å². The highest BCUT2D eigenvalue weighted by atomic mass is 19.1. The lowest BCUT2D eigenvalue weighted by atomic mass is 10.1. The van der Waals surface area contributed by atoms with Gasteiger partial charge in [0.2, 0.25) is 5.91 Å². The number of hydrogen-bond acceptors (Lipinski definition) is 2. The third-order valence-corrected chi connectivity index (χ3v) is 3.73.